The molecule has 1 saturated carbocycles. The molecule has 0 radical (unpaired) electrons. The summed E-state index contributed by atoms with van der Waals surface area (Å²) in [7, 11) is -3.92. The van der Waals surface area contributed by atoms with Crippen molar-refractivity contribution in [1.29, 1.82) is 0 Å². The van der Waals surface area contributed by atoms with E-state index in [1.165, 1.54) is 17.4 Å². The summed E-state index contributed by atoms with van der Waals surface area (Å²) in [6.07, 6.45) is -0.349. The molecule has 3 aromatic heterocycles. The number of aliphatic hydroxyl groups is 2. The zero-order valence-electron chi connectivity index (χ0n) is 25.3. The van der Waals surface area contributed by atoms with E-state index in [0.717, 1.165) is 52.3 Å². The van der Waals surface area contributed by atoms with Crippen LogP contribution in [0.2, 0.25) is 0 Å². The average molecular weight is 685 g/mol. The first-order valence-corrected chi connectivity index (χ1v) is 17.3. The Kier molecular flexibility index (Phi) is 9.16. The number of thiazole rings is 1. The van der Waals surface area contributed by atoms with Gasteiger partial charge in [-0.25, -0.2) is 31.6 Å². The minimum atomic E-state index is -3.92. The van der Waals surface area contributed by atoms with Crippen LogP contribution in [0.15, 0.2) is 59.6 Å². The zero-order valence-corrected chi connectivity index (χ0v) is 26.9. The van der Waals surface area contributed by atoms with Crippen LogP contribution < -0.4 is 10.6 Å². The van der Waals surface area contributed by atoms with Crippen molar-refractivity contribution in [1.82, 2.24) is 19.9 Å². The maximum atomic E-state index is 14.3. The predicted octanol–water partition coefficient (Wildman–Crippen LogP) is 5.04. The molecule has 6 rings (SSSR count). The van der Waals surface area contributed by atoms with Gasteiger partial charge in [0.1, 0.15) is 39.9 Å². The van der Waals surface area contributed by atoms with E-state index in [4.69, 9.17) is 4.98 Å². The summed E-state index contributed by atoms with van der Waals surface area (Å²) in [5, 5.41) is 28.6. The Morgan fingerprint density at radius 3 is 2.40 bits per heavy atom. The number of anilines is 2. The van der Waals surface area contributed by atoms with E-state index in [1.54, 1.807) is 13.1 Å². The molecule has 5 aromatic rings. The fourth-order valence-corrected chi connectivity index (χ4v) is 8.50. The molecule has 0 amide bonds. The van der Waals surface area contributed by atoms with Gasteiger partial charge in [0.05, 0.1) is 44.4 Å². The third-order valence-electron chi connectivity index (χ3n) is 8.24. The molecule has 1 aliphatic rings. The van der Waals surface area contributed by atoms with E-state index >= 15 is 0 Å². The van der Waals surface area contributed by atoms with Crippen LogP contribution in [0.25, 0.3) is 20.8 Å². The van der Waals surface area contributed by atoms with Gasteiger partial charge in [0, 0.05) is 24.2 Å². The molecule has 10 nitrogen and oxygen atoms in total. The van der Waals surface area contributed by atoms with Gasteiger partial charge in [0.15, 0.2) is 9.84 Å². The number of rotatable bonds is 10. The Morgan fingerprint density at radius 2 is 1.70 bits per heavy atom. The lowest BCUT2D eigenvalue weighted by molar-refractivity contribution is 0.0216. The number of halogens is 3. The molecule has 0 bridgehead atoms. The molecule has 3 heterocycles. The molecule has 0 aliphatic heterocycles. The molecular weight excluding hydrogens is 654 g/mol. The second-order valence-electron chi connectivity index (χ2n) is 11.4. The topological polar surface area (TPSA) is 150 Å². The first-order chi connectivity index (χ1) is 22.4. The van der Waals surface area contributed by atoms with Crippen molar-refractivity contribution < 1.29 is 31.8 Å². The van der Waals surface area contributed by atoms with Crippen molar-refractivity contribution in [3.05, 3.63) is 89.1 Å². The van der Waals surface area contributed by atoms with Crippen molar-refractivity contribution in [2.45, 2.75) is 56.4 Å². The highest BCUT2D eigenvalue weighted by molar-refractivity contribution is 7.91. The first-order valence-electron chi connectivity index (χ1n) is 14.9. The average Bonchev–Trinajstić information content (AvgIpc) is 3.57. The van der Waals surface area contributed by atoms with Gasteiger partial charge in [-0.3, -0.25) is 4.98 Å². The predicted molar refractivity (Wildman–Crippen MR) is 172 cm³/mol. The van der Waals surface area contributed by atoms with Crippen molar-refractivity contribution in [2.75, 3.05) is 16.4 Å². The lowest BCUT2D eigenvalue weighted by Crippen LogP contribution is -2.36. The van der Waals surface area contributed by atoms with Crippen LogP contribution in [0.1, 0.15) is 30.3 Å². The van der Waals surface area contributed by atoms with Crippen LogP contribution in [0.3, 0.4) is 0 Å². The molecule has 47 heavy (non-hydrogen) atoms. The number of nitrogens with one attached hydrogen (secondary N) is 2. The fourth-order valence-electron chi connectivity index (χ4n) is 5.78. The van der Waals surface area contributed by atoms with Crippen molar-refractivity contribution in [2.24, 2.45) is 5.92 Å². The lowest BCUT2D eigenvalue weighted by atomic mass is 10.1. The molecule has 0 saturated heterocycles. The van der Waals surface area contributed by atoms with Crippen LogP contribution in [-0.2, 0) is 22.8 Å². The molecule has 4 atom stereocenters. The van der Waals surface area contributed by atoms with Gasteiger partial charge in [0.25, 0.3) is 0 Å². The van der Waals surface area contributed by atoms with Gasteiger partial charge in [-0.1, -0.05) is 13.0 Å². The SMILES string of the molecule is CCc1nccc2sc(-c3c(C)nc(NCc4c(F)cccc4F)nc3N[C@@H]3C[C@H](CS(=O)(=O)c4ccc(F)cc4)[C@@H](O)[C@H]3O)nc12. The normalized spacial score (nSPS) is 19.7. The van der Waals surface area contributed by atoms with Crippen LogP contribution in [0, 0.1) is 30.3 Å². The summed E-state index contributed by atoms with van der Waals surface area (Å²) in [6.45, 7) is 3.44. The number of hydrogen-bond acceptors (Lipinski definition) is 11. The molecule has 246 valence electrons. The minimum absolute atomic E-state index is 0.0388. The molecule has 4 N–H and O–H groups in total. The Hall–Kier alpha value is -4.18. The van der Waals surface area contributed by atoms with Crippen LogP contribution in [0.4, 0.5) is 24.9 Å². The van der Waals surface area contributed by atoms with E-state index in [-0.39, 0.29) is 35.2 Å². The highest BCUT2D eigenvalue weighted by atomic mass is 32.2. The standard InChI is InChI=1S/C32H31F3N6O4S2/c1-3-23-27-25(11-12-36-23)46-31(40-27)26-16(2)38-32(37-14-20-21(34)5-4-6-22(20)35)41-30(26)39-24-13-17(28(42)29(24)43)15-47(44,45)19-9-7-18(33)8-10-19/h4-12,17,24,28-29,42-43H,3,13-15H2,1-2H3,(H2,37,38,39,41)/t17-,24-,28-,29+/m1/s1. The Labute approximate surface area is 272 Å². The third kappa shape index (κ3) is 6.66. The summed E-state index contributed by atoms with van der Waals surface area (Å²) in [6, 6.07) is 8.98. The zero-order chi connectivity index (χ0) is 33.5. The van der Waals surface area contributed by atoms with Gasteiger partial charge in [-0.2, -0.15) is 4.98 Å². The van der Waals surface area contributed by atoms with Gasteiger partial charge in [0.2, 0.25) is 5.95 Å². The maximum Gasteiger partial charge on any atom is 0.225 e. The molecule has 1 fully saturated rings. The summed E-state index contributed by atoms with van der Waals surface area (Å²) in [5.74, 6) is -3.12. The Bertz CT molecular complexity index is 2020. The van der Waals surface area contributed by atoms with Gasteiger partial charge < -0.3 is 20.8 Å². The summed E-state index contributed by atoms with van der Waals surface area (Å²) >= 11 is 1.39. The minimum Gasteiger partial charge on any atom is -0.390 e. The van der Waals surface area contributed by atoms with E-state index < -0.39 is 57.2 Å². The van der Waals surface area contributed by atoms with E-state index in [9.17, 15) is 31.8 Å². The Balaban J connectivity index is 1.34. The molecule has 15 heteroatoms. The number of fused-ring (bicyclic) bond motifs is 1. The van der Waals surface area contributed by atoms with Gasteiger partial charge in [-0.15, -0.1) is 11.3 Å². The Morgan fingerprint density at radius 1 is 0.979 bits per heavy atom. The maximum absolute atomic E-state index is 14.3. The van der Waals surface area contributed by atoms with E-state index in [0.29, 0.717) is 22.7 Å². The molecule has 0 unspecified atom stereocenters. The number of sulfone groups is 1. The summed E-state index contributed by atoms with van der Waals surface area (Å²) in [5.41, 5.74) is 2.30. The highest BCUT2D eigenvalue weighted by Gasteiger charge is 2.44. The van der Waals surface area contributed by atoms with E-state index in [2.05, 4.69) is 25.6 Å². The number of aliphatic hydroxyl groups excluding tert-OH is 2. The number of aromatic nitrogens is 4. The number of benzene rings is 2. The third-order valence-corrected chi connectivity index (χ3v) is 11.1. The first kappa shape index (κ1) is 32.7. The monoisotopic (exact) mass is 684 g/mol. The molecule has 0 spiro atoms. The van der Waals surface area contributed by atoms with Crippen molar-refractivity contribution >= 4 is 43.2 Å². The van der Waals surface area contributed by atoms with Gasteiger partial charge >= 0.3 is 0 Å². The summed E-state index contributed by atoms with van der Waals surface area (Å²) in [4.78, 5) is 18.3. The smallest absolute Gasteiger partial charge is 0.225 e. The second kappa shape index (κ2) is 13.1. The number of hydrogen-bond donors (Lipinski definition) is 4. The van der Waals surface area contributed by atoms with Crippen molar-refractivity contribution in [3.8, 4) is 10.6 Å². The van der Waals surface area contributed by atoms with Crippen molar-refractivity contribution in [3.63, 3.8) is 0 Å². The van der Waals surface area contributed by atoms with Gasteiger partial charge in [-0.05, 0) is 62.2 Å². The quantitative estimate of drug-likeness (QED) is 0.147. The molecular formula is C32H31F3N6O4S2. The van der Waals surface area contributed by atoms with Crippen LogP contribution in [-0.4, -0.2) is 62.6 Å². The molecule has 1 aliphatic carbocycles. The second-order valence-corrected chi connectivity index (χ2v) is 14.4. The number of pyridine rings is 1. The van der Waals surface area contributed by atoms with Crippen LogP contribution in [0.5, 0.6) is 0 Å². The number of nitrogens with zero attached hydrogens (tertiary/aromatic N) is 4. The lowest BCUT2D eigenvalue weighted by Gasteiger charge is -2.21. The largest absolute Gasteiger partial charge is 0.390 e. The fraction of sp³-hybridized carbons (Fsp3) is 0.312. The van der Waals surface area contributed by atoms with Crippen LogP contribution >= 0.6 is 11.3 Å². The highest BCUT2D eigenvalue weighted by Crippen LogP contribution is 2.39. The summed E-state index contributed by atoms with van der Waals surface area (Å²) < 4.78 is 69.1. The molecule has 2 aromatic carbocycles. The number of aryl methyl sites for hydroxylation is 2. The van der Waals surface area contributed by atoms with E-state index in [1.807, 2.05) is 13.0 Å².